The van der Waals surface area contributed by atoms with Gasteiger partial charge in [0.25, 0.3) is 5.91 Å². The number of methoxy groups -OCH3 is 1. The summed E-state index contributed by atoms with van der Waals surface area (Å²) in [4.78, 5) is 24.8. The zero-order valence-electron chi connectivity index (χ0n) is 9.07. The van der Waals surface area contributed by atoms with Gasteiger partial charge in [0.1, 0.15) is 6.04 Å². The molecule has 1 aliphatic heterocycles. The minimum Gasteiger partial charge on any atom is -0.467 e. The first-order valence-electron chi connectivity index (χ1n) is 4.97. The van der Waals surface area contributed by atoms with E-state index in [1.807, 2.05) is 0 Å². The monoisotopic (exact) mass is 257 g/mol. The molecule has 1 aromatic rings. The van der Waals surface area contributed by atoms with Crippen molar-refractivity contribution >= 4 is 23.4 Å². The van der Waals surface area contributed by atoms with Crippen LogP contribution in [0.4, 0.5) is 0 Å². The molecule has 1 amide bonds. The Morgan fingerprint density at radius 3 is 3.00 bits per heavy atom. The van der Waals surface area contributed by atoms with E-state index in [0.717, 1.165) is 11.5 Å². The summed E-state index contributed by atoms with van der Waals surface area (Å²) >= 11 is 1.06. The van der Waals surface area contributed by atoms with Crippen LogP contribution in [0.2, 0.25) is 0 Å². The van der Waals surface area contributed by atoms with Crippen molar-refractivity contribution in [3.63, 3.8) is 0 Å². The average Bonchev–Trinajstić information content (AvgIpc) is 2.95. The van der Waals surface area contributed by atoms with Crippen LogP contribution in [0.1, 0.15) is 16.9 Å². The largest absolute Gasteiger partial charge is 0.467 e. The lowest BCUT2D eigenvalue weighted by Gasteiger charge is -2.20. The van der Waals surface area contributed by atoms with Gasteiger partial charge in [0.15, 0.2) is 5.69 Å². The maximum Gasteiger partial charge on any atom is 0.328 e. The van der Waals surface area contributed by atoms with Crippen LogP contribution in [0.15, 0.2) is 5.38 Å². The molecule has 1 saturated heterocycles. The van der Waals surface area contributed by atoms with Crippen LogP contribution in [0.5, 0.6) is 0 Å². The SMILES string of the molecule is COC(=O)C1CC(O)CN1C(=O)c1csnn1. The molecule has 92 valence electrons. The Morgan fingerprint density at radius 2 is 2.41 bits per heavy atom. The first kappa shape index (κ1) is 11.9. The van der Waals surface area contributed by atoms with Gasteiger partial charge in [-0.3, -0.25) is 4.79 Å². The van der Waals surface area contributed by atoms with Crippen LogP contribution in [0.25, 0.3) is 0 Å². The average molecular weight is 257 g/mol. The van der Waals surface area contributed by atoms with Crippen molar-refractivity contribution in [2.45, 2.75) is 18.6 Å². The van der Waals surface area contributed by atoms with Crippen LogP contribution in [-0.2, 0) is 9.53 Å². The highest BCUT2D eigenvalue weighted by molar-refractivity contribution is 7.03. The number of β-amino-alcohol motifs (C(OH)–C–C–N with tert-alkyl or cyclic N) is 1. The summed E-state index contributed by atoms with van der Waals surface area (Å²) in [6.07, 6.45) is -0.523. The molecule has 2 unspecified atom stereocenters. The van der Waals surface area contributed by atoms with Crippen molar-refractivity contribution in [2.75, 3.05) is 13.7 Å². The van der Waals surface area contributed by atoms with Gasteiger partial charge < -0.3 is 14.7 Å². The van der Waals surface area contributed by atoms with Crippen LogP contribution in [0.3, 0.4) is 0 Å². The number of aliphatic hydroxyl groups is 1. The Morgan fingerprint density at radius 1 is 1.65 bits per heavy atom. The van der Waals surface area contributed by atoms with Crippen molar-refractivity contribution in [3.05, 3.63) is 11.1 Å². The van der Waals surface area contributed by atoms with E-state index in [-0.39, 0.29) is 18.7 Å². The van der Waals surface area contributed by atoms with Gasteiger partial charge in [-0.25, -0.2) is 4.79 Å². The lowest BCUT2D eigenvalue weighted by atomic mass is 10.2. The summed E-state index contributed by atoms with van der Waals surface area (Å²) < 4.78 is 8.19. The third-order valence-corrected chi connectivity index (χ3v) is 3.10. The molecule has 2 heterocycles. The number of ether oxygens (including phenoxy) is 1. The lowest BCUT2D eigenvalue weighted by Crippen LogP contribution is -2.41. The summed E-state index contributed by atoms with van der Waals surface area (Å²) in [6.45, 7) is 0.107. The minimum atomic E-state index is -0.746. The normalized spacial score (nSPS) is 23.8. The molecular weight excluding hydrogens is 246 g/mol. The Balaban J connectivity index is 2.18. The molecule has 2 atom stereocenters. The third kappa shape index (κ3) is 2.27. The number of carbonyl (C=O) groups excluding carboxylic acids is 2. The number of amides is 1. The van der Waals surface area contributed by atoms with Gasteiger partial charge in [-0.2, -0.15) is 0 Å². The zero-order valence-corrected chi connectivity index (χ0v) is 9.88. The molecule has 0 bridgehead atoms. The topological polar surface area (TPSA) is 92.6 Å². The number of hydrogen-bond donors (Lipinski definition) is 1. The van der Waals surface area contributed by atoms with Crippen molar-refractivity contribution in [2.24, 2.45) is 0 Å². The fourth-order valence-corrected chi connectivity index (χ4v) is 2.23. The Bertz CT molecular complexity index is 422. The fraction of sp³-hybridized carbons (Fsp3) is 0.556. The lowest BCUT2D eigenvalue weighted by molar-refractivity contribution is -0.145. The molecular formula is C9H11N3O4S. The van der Waals surface area contributed by atoms with E-state index in [2.05, 4.69) is 14.3 Å². The molecule has 17 heavy (non-hydrogen) atoms. The Labute approximate surface area is 101 Å². The van der Waals surface area contributed by atoms with E-state index >= 15 is 0 Å². The molecule has 1 aliphatic rings. The minimum absolute atomic E-state index is 0.107. The van der Waals surface area contributed by atoms with Gasteiger partial charge in [0.2, 0.25) is 0 Å². The second-order valence-corrected chi connectivity index (χ2v) is 4.29. The van der Waals surface area contributed by atoms with Gasteiger partial charge in [-0.05, 0) is 11.5 Å². The van der Waals surface area contributed by atoms with Gasteiger partial charge in [0.05, 0.1) is 13.2 Å². The van der Waals surface area contributed by atoms with Gasteiger partial charge in [-0.15, -0.1) is 5.10 Å². The number of nitrogens with zero attached hydrogens (tertiary/aromatic N) is 3. The van der Waals surface area contributed by atoms with Crippen LogP contribution >= 0.6 is 11.5 Å². The van der Waals surface area contributed by atoms with Gasteiger partial charge in [0, 0.05) is 18.3 Å². The van der Waals surface area contributed by atoms with Crippen molar-refractivity contribution in [1.82, 2.24) is 14.5 Å². The van der Waals surface area contributed by atoms with E-state index in [1.54, 1.807) is 0 Å². The van der Waals surface area contributed by atoms with E-state index in [0.29, 0.717) is 0 Å². The number of likely N-dealkylation sites (tertiary alicyclic amines) is 1. The van der Waals surface area contributed by atoms with Crippen LogP contribution < -0.4 is 0 Å². The molecule has 1 aromatic heterocycles. The summed E-state index contributed by atoms with van der Waals surface area (Å²) in [5.74, 6) is -0.941. The molecule has 0 aliphatic carbocycles. The van der Waals surface area contributed by atoms with Gasteiger partial charge in [-0.1, -0.05) is 4.49 Å². The van der Waals surface area contributed by atoms with Crippen molar-refractivity contribution in [1.29, 1.82) is 0 Å². The third-order valence-electron chi connectivity index (χ3n) is 2.59. The summed E-state index contributed by atoms with van der Waals surface area (Å²) in [7, 11) is 1.25. The van der Waals surface area contributed by atoms with Crippen LogP contribution in [0, 0.1) is 0 Å². The molecule has 0 radical (unpaired) electrons. The highest BCUT2D eigenvalue weighted by atomic mass is 32.1. The highest BCUT2D eigenvalue weighted by Crippen LogP contribution is 2.21. The number of rotatable bonds is 2. The maximum absolute atomic E-state index is 12.0. The highest BCUT2D eigenvalue weighted by Gasteiger charge is 2.40. The molecule has 0 saturated carbocycles. The molecule has 0 spiro atoms. The summed E-state index contributed by atoms with van der Waals surface area (Å²) in [6, 6.07) is -0.746. The Hall–Kier alpha value is -1.54. The number of esters is 1. The van der Waals surface area contributed by atoms with Gasteiger partial charge >= 0.3 is 5.97 Å². The number of hydrogen-bond acceptors (Lipinski definition) is 7. The standard InChI is InChI=1S/C9H11N3O4S/c1-16-9(15)7-2-5(13)3-12(7)8(14)6-4-17-11-10-6/h4-5,7,13H,2-3H2,1H3. The number of aromatic nitrogens is 2. The van der Waals surface area contributed by atoms with Crippen molar-refractivity contribution in [3.8, 4) is 0 Å². The predicted molar refractivity (Wildman–Crippen MR) is 57.4 cm³/mol. The zero-order chi connectivity index (χ0) is 12.4. The smallest absolute Gasteiger partial charge is 0.328 e. The molecule has 2 rings (SSSR count). The predicted octanol–water partition coefficient (Wildman–Crippen LogP) is -0.714. The first-order valence-corrected chi connectivity index (χ1v) is 5.81. The second-order valence-electron chi connectivity index (χ2n) is 3.68. The van der Waals surface area contributed by atoms with E-state index in [4.69, 9.17) is 0 Å². The summed E-state index contributed by atoms with van der Waals surface area (Å²) in [5.41, 5.74) is 0.179. The fourth-order valence-electron chi connectivity index (χ4n) is 1.80. The molecule has 0 aromatic carbocycles. The van der Waals surface area contributed by atoms with E-state index in [1.165, 1.54) is 17.4 Å². The quantitative estimate of drug-likeness (QED) is 0.703. The van der Waals surface area contributed by atoms with Crippen LogP contribution in [-0.4, -0.2) is 57.3 Å². The second kappa shape index (κ2) is 4.76. The molecule has 7 nitrogen and oxygen atoms in total. The Kier molecular flexibility index (Phi) is 3.34. The molecule has 1 fully saturated rings. The van der Waals surface area contributed by atoms with E-state index in [9.17, 15) is 14.7 Å². The number of aliphatic hydroxyl groups excluding tert-OH is 1. The van der Waals surface area contributed by atoms with E-state index < -0.39 is 24.0 Å². The molecule has 1 N–H and O–H groups in total. The maximum atomic E-state index is 12.0. The summed E-state index contributed by atoms with van der Waals surface area (Å²) in [5, 5.41) is 14.7. The first-order chi connectivity index (χ1) is 8.13. The number of carbonyl (C=O) groups is 2. The van der Waals surface area contributed by atoms with Crippen molar-refractivity contribution < 1.29 is 19.4 Å². The molecule has 8 heteroatoms.